The molecule has 2 atom stereocenters. The molecule has 5 rings (SSSR count). The number of benzene rings is 1. The summed E-state index contributed by atoms with van der Waals surface area (Å²) in [6.45, 7) is 8.07. The molecule has 0 amide bonds. The Hall–Kier alpha value is -3.65. The van der Waals surface area contributed by atoms with Crippen LogP contribution < -0.4 is 20.4 Å². The maximum atomic E-state index is 6.02. The number of anilines is 3. The summed E-state index contributed by atoms with van der Waals surface area (Å²) in [5, 5.41) is 7.99. The Morgan fingerprint density at radius 2 is 2.06 bits per heavy atom. The summed E-state index contributed by atoms with van der Waals surface area (Å²) in [5.41, 5.74) is 9.42. The van der Waals surface area contributed by atoms with Gasteiger partial charge in [-0.05, 0) is 48.9 Å². The fourth-order valence-electron chi connectivity index (χ4n) is 4.41. The highest BCUT2D eigenvalue weighted by Crippen LogP contribution is 2.37. The molecular formula is C27H32N6O2. The van der Waals surface area contributed by atoms with Crippen molar-refractivity contribution in [3.05, 3.63) is 71.7 Å². The second-order valence-electron chi connectivity index (χ2n) is 9.00. The maximum absolute atomic E-state index is 6.02. The van der Waals surface area contributed by atoms with Gasteiger partial charge in [0.05, 0.1) is 37.4 Å². The molecule has 1 saturated heterocycles. The van der Waals surface area contributed by atoms with Gasteiger partial charge in [0.1, 0.15) is 0 Å². The van der Waals surface area contributed by atoms with Gasteiger partial charge in [-0.1, -0.05) is 13.0 Å². The first kappa shape index (κ1) is 23.1. The summed E-state index contributed by atoms with van der Waals surface area (Å²) < 4.78 is 11.5. The third-order valence-electron chi connectivity index (χ3n) is 6.58. The monoisotopic (exact) mass is 472 g/mol. The summed E-state index contributed by atoms with van der Waals surface area (Å²) in [6.07, 6.45) is 4.26. The lowest BCUT2D eigenvalue weighted by Crippen LogP contribution is -2.36. The molecule has 0 saturated carbocycles. The van der Waals surface area contributed by atoms with Crippen LogP contribution in [0.4, 0.5) is 17.1 Å². The SMILES string of the molecule is CC1Nc2ccc(N/N=C/c3cc(N4CCOCC4)cc(OCCc4ccccn4)n3)cc2C1C. The van der Waals surface area contributed by atoms with Crippen molar-refractivity contribution < 1.29 is 9.47 Å². The van der Waals surface area contributed by atoms with Crippen molar-refractivity contribution in [3.63, 3.8) is 0 Å². The Bertz CT molecular complexity index is 1160. The first-order chi connectivity index (χ1) is 17.2. The summed E-state index contributed by atoms with van der Waals surface area (Å²) >= 11 is 0. The van der Waals surface area contributed by atoms with Crippen LogP contribution in [0.3, 0.4) is 0 Å². The summed E-state index contributed by atoms with van der Waals surface area (Å²) in [4.78, 5) is 11.3. The second-order valence-corrected chi connectivity index (χ2v) is 9.00. The van der Waals surface area contributed by atoms with Crippen LogP contribution in [0.5, 0.6) is 5.88 Å². The van der Waals surface area contributed by atoms with Crippen LogP contribution >= 0.6 is 0 Å². The van der Waals surface area contributed by atoms with Crippen LogP contribution in [0.15, 0.2) is 59.8 Å². The number of hydrazone groups is 1. The Morgan fingerprint density at radius 3 is 2.89 bits per heavy atom. The van der Waals surface area contributed by atoms with Crippen molar-refractivity contribution in [1.82, 2.24) is 9.97 Å². The van der Waals surface area contributed by atoms with Crippen molar-refractivity contribution >= 4 is 23.3 Å². The normalized spacial score (nSPS) is 19.4. The third-order valence-corrected chi connectivity index (χ3v) is 6.58. The molecule has 2 aliphatic rings. The van der Waals surface area contributed by atoms with Crippen molar-refractivity contribution in [1.29, 1.82) is 0 Å². The van der Waals surface area contributed by atoms with Crippen LogP contribution in [0.25, 0.3) is 0 Å². The molecule has 8 nitrogen and oxygen atoms in total. The number of morpholine rings is 1. The van der Waals surface area contributed by atoms with Crippen molar-refractivity contribution in [2.75, 3.05) is 48.6 Å². The highest BCUT2D eigenvalue weighted by Gasteiger charge is 2.25. The zero-order valence-electron chi connectivity index (χ0n) is 20.3. The lowest BCUT2D eigenvalue weighted by molar-refractivity contribution is 0.122. The summed E-state index contributed by atoms with van der Waals surface area (Å²) in [5.74, 6) is 1.05. The van der Waals surface area contributed by atoms with E-state index in [4.69, 9.17) is 9.47 Å². The summed E-state index contributed by atoms with van der Waals surface area (Å²) in [6, 6.07) is 16.7. The van der Waals surface area contributed by atoms with E-state index < -0.39 is 0 Å². The molecule has 8 heteroatoms. The Kier molecular flexibility index (Phi) is 7.09. The highest BCUT2D eigenvalue weighted by molar-refractivity contribution is 5.80. The zero-order valence-corrected chi connectivity index (χ0v) is 20.3. The molecule has 2 aliphatic heterocycles. The van der Waals surface area contributed by atoms with Gasteiger partial charge in [-0.3, -0.25) is 10.4 Å². The van der Waals surface area contributed by atoms with Crippen LogP contribution in [0, 0.1) is 0 Å². The smallest absolute Gasteiger partial charge is 0.215 e. The molecule has 2 aromatic heterocycles. The number of hydrogen-bond donors (Lipinski definition) is 2. The van der Waals surface area contributed by atoms with E-state index in [1.165, 1.54) is 11.3 Å². The van der Waals surface area contributed by atoms with E-state index >= 15 is 0 Å². The molecule has 0 spiro atoms. The van der Waals surface area contributed by atoms with Gasteiger partial charge < -0.3 is 19.7 Å². The fourth-order valence-corrected chi connectivity index (χ4v) is 4.41. The molecule has 4 heterocycles. The largest absolute Gasteiger partial charge is 0.477 e. The lowest BCUT2D eigenvalue weighted by atomic mass is 9.98. The van der Waals surface area contributed by atoms with E-state index in [2.05, 4.69) is 56.7 Å². The van der Waals surface area contributed by atoms with Crippen LogP contribution in [0.2, 0.25) is 0 Å². The van der Waals surface area contributed by atoms with E-state index in [-0.39, 0.29) is 0 Å². The van der Waals surface area contributed by atoms with E-state index in [9.17, 15) is 0 Å². The number of rotatable bonds is 8. The average Bonchev–Trinajstić information content (AvgIpc) is 3.18. The molecule has 1 aromatic carbocycles. The molecule has 35 heavy (non-hydrogen) atoms. The Balaban J connectivity index is 1.29. The van der Waals surface area contributed by atoms with Gasteiger partial charge in [-0.25, -0.2) is 4.98 Å². The minimum Gasteiger partial charge on any atom is -0.477 e. The number of pyridine rings is 2. The van der Waals surface area contributed by atoms with Crippen molar-refractivity contribution in [3.8, 4) is 5.88 Å². The van der Waals surface area contributed by atoms with E-state index in [1.54, 1.807) is 12.4 Å². The highest BCUT2D eigenvalue weighted by atomic mass is 16.5. The van der Waals surface area contributed by atoms with Crippen LogP contribution in [-0.4, -0.2) is 55.1 Å². The third kappa shape index (κ3) is 5.71. The Morgan fingerprint density at radius 1 is 1.17 bits per heavy atom. The number of ether oxygens (including phenoxy) is 2. The fraction of sp³-hybridized carbons (Fsp3) is 0.370. The number of fused-ring (bicyclic) bond motifs is 1. The van der Waals surface area contributed by atoms with Gasteiger partial charge in [0.2, 0.25) is 5.88 Å². The quantitative estimate of drug-likeness (QED) is 0.374. The van der Waals surface area contributed by atoms with E-state index in [0.29, 0.717) is 37.7 Å². The predicted octanol–water partition coefficient (Wildman–Crippen LogP) is 4.30. The van der Waals surface area contributed by atoms with Crippen molar-refractivity contribution in [2.45, 2.75) is 32.2 Å². The van der Waals surface area contributed by atoms with Gasteiger partial charge in [0.15, 0.2) is 0 Å². The molecular weight excluding hydrogens is 440 g/mol. The van der Waals surface area contributed by atoms with Gasteiger partial charge in [0, 0.05) is 60.8 Å². The second kappa shape index (κ2) is 10.7. The topological polar surface area (TPSA) is 83.9 Å². The first-order valence-corrected chi connectivity index (χ1v) is 12.2. The zero-order chi connectivity index (χ0) is 24.0. The summed E-state index contributed by atoms with van der Waals surface area (Å²) in [7, 11) is 0. The molecule has 2 unspecified atom stereocenters. The molecule has 0 aliphatic carbocycles. The molecule has 3 aromatic rings. The van der Waals surface area contributed by atoms with Crippen molar-refractivity contribution in [2.24, 2.45) is 5.10 Å². The lowest BCUT2D eigenvalue weighted by Gasteiger charge is -2.29. The standard InChI is InChI=1S/C27H32N6O2/c1-19-20(2)30-26-7-6-22(16-25(19)26)32-29-18-23-15-24(33-10-13-34-14-11-33)17-27(31-23)35-12-8-21-5-3-4-9-28-21/h3-7,9,15-20,30,32H,8,10-14H2,1-2H3/b29-18+. The number of hydrogen-bond acceptors (Lipinski definition) is 8. The van der Waals surface area contributed by atoms with E-state index in [0.717, 1.165) is 42.3 Å². The van der Waals surface area contributed by atoms with Gasteiger partial charge in [0.25, 0.3) is 0 Å². The predicted molar refractivity (Wildman–Crippen MR) is 140 cm³/mol. The number of aromatic nitrogens is 2. The average molecular weight is 473 g/mol. The molecule has 0 radical (unpaired) electrons. The minimum atomic E-state index is 0.437. The number of nitrogens with one attached hydrogen (secondary N) is 2. The first-order valence-electron chi connectivity index (χ1n) is 12.2. The van der Waals surface area contributed by atoms with Gasteiger partial charge >= 0.3 is 0 Å². The van der Waals surface area contributed by atoms with Crippen LogP contribution in [-0.2, 0) is 11.2 Å². The molecule has 0 bridgehead atoms. The Labute approximate surface area is 206 Å². The molecule has 2 N–H and O–H groups in total. The molecule has 1 fully saturated rings. The molecule has 182 valence electrons. The van der Waals surface area contributed by atoms with E-state index in [1.807, 2.05) is 36.4 Å². The van der Waals surface area contributed by atoms with Gasteiger partial charge in [-0.15, -0.1) is 0 Å². The maximum Gasteiger partial charge on any atom is 0.215 e. The number of nitrogens with zero attached hydrogens (tertiary/aromatic N) is 4. The van der Waals surface area contributed by atoms with Crippen LogP contribution in [0.1, 0.15) is 36.7 Å². The minimum absolute atomic E-state index is 0.437. The van der Waals surface area contributed by atoms with Gasteiger partial charge in [-0.2, -0.15) is 5.10 Å².